The number of hydrogen-bond acceptors (Lipinski definition) is 3. The molecular formula is C14H9Cl2F3N2O2. The van der Waals surface area contributed by atoms with E-state index in [1.165, 1.54) is 12.1 Å². The molecule has 1 amide bonds. The molecule has 0 radical (unpaired) electrons. The Hall–Kier alpha value is -1.83. The molecule has 0 saturated carbocycles. The largest absolute Gasteiger partial charge is 0.417 e. The Bertz CT molecular complexity index is 723. The molecule has 0 bridgehead atoms. The highest BCUT2D eigenvalue weighted by molar-refractivity contribution is 6.33. The maximum Gasteiger partial charge on any atom is 0.417 e. The van der Waals surface area contributed by atoms with Crippen molar-refractivity contribution in [3.63, 3.8) is 0 Å². The van der Waals surface area contributed by atoms with Crippen molar-refractivity contribution in [3.8, 4) is 0 Å². The van der Waals surface area contributed by atoms with Crippen LogP contribution < -0.4 is 5.48 Å². The quantitative estimate of drug-likeness (QED) is 0.824. The molecule has 0 aliphatic heterocycles. The predicted octanol–water partition coefficient (Wildman–Crippen LogP) is 4.27. The summed E-state index contributed by atoms with van der Waals surface area (Å²) < 4.78 is 37.5. The monoisotopic (exact) mass is 364 g/mol. The number of halogens is 5. The maximum atomic E-state index is 12.5. The summed E-state index contributed by atoms with van der Waals surface area (Å²) in [5, 5.41) is 0.0195. The fourth-order valence-corrected chi connectivity index (χ4v) is 2.04. The lowest BCUT2D eigenvalue weighted by Gasteiger charge is -2.10. The lowest BCUT2D eigenvalue weighted by molar-refractivity contribution is -0.137. The first kappa shape index (κ1) is 17.5. The number of alkyl halides is 3. The summed E-state index contributed by atoms with van der Waals surface area (Å²) in [5.41, 5.74) is 1.40. The van der Waals surface area contributed by atoms with Crippen LogP contribution in [-0.4, -0.2) is 10.9 Å². The highest BCUT2D eigenvalue weighted by Crippen LogP contribution is 2.31. The van der Waals surface area contributed by atoms with Crippen LogP contribution in [0.25, 0.3) is 0 Å². The number of hydroxylamine groups is 1. The minimum absolute atomic E-state index is 0.0547. The lowest BCUT2D eigenvalue weighted by atomic mass is 10.2. The third-order valence-electron chi connectivity index (χ3n) is 2.74. The zero-order chi connectivity index (χ0) is 17.0. The predicted molar refractivity (Wildman–Crippen MR) is 78.0 cm³/mol. The number of pyridine rings is 1. The molecule has 0 saturated heterocycles. The molecule has 1 aromatic carbocycles. The lowest BCUT2D eigenvalue weighted by Crippen LogP contribution is -2.24. The van der Waals surface area contributed by atoms with Crippen LogP contribution >= 0.6 is 23.2 Å². The summed E-state index contributed by atoms with van der Waals surface area (Å²) in [7, 11) is 0. The second kappa shape index (κ2) is 7.16. The Balaban J connectivity index is 1.97. The second-order valence-electron chi connectivity index (χ2n) is 4.35. The molecule has 0 atom stereocenters. The van der Waals surface area contributed by atoms with Crippen LogP contribution in [0.1, 0.15) is 21.6 Å². The molecule has 0 unspecified atom stereocenters. The van der Waals surface area contributed by atoms with Crippen molar-refractivity contribution in [1.29, 1.82) is 0 Å². The molecule has 2 rings (SSSR count). The highest BCUT2D eigenvalue weighted by atomic mass is 35.5. The number of rotatable bonds is 4. The summed E-state index contributed by atoms with van der Waals surface area (Å²) in [6, 6.07) is 7.04. The number of nitrogens with zero attached hydrogens (tertiary/aromatic N) is 1. The van der Waals surface area contributed by atoms with Gasteiger partial charge in [-0.05, 0) is 18.2 Å². The van der Waals surface area contributed by atoms with Crippen LogP contribution in [-0.2, 0) is 17.6 Å². The van der Waals surface area contributed by atoms with Gasteiger partial charge in [-0.15, -0.1) is 0 Å². The van der Waals surface area contributed by atoms with Crippen LogP contribution in [0.2, 0.25) is 10.0 Å². The number of carbonyl (C=O) groups is 1. The van der Waals surface area contributed by atoms with E-state index in [9.17, 15) is 18.0 Å². The summed E-state index contributed by atoms with van der Waals surface area (Å²) >= 11 is 11.6. The first-order valence-corrected chi connectivity index (χ1v) is 6.93. The first-order chi connectivity index (χ1) is 10.8. The standard InChI is InChI=1S/C14H9Cl2F3N2O2/c15-10-4-2-1-3-9(10)13(22)21-23-7-12-11(16)5-8(6-20-12)14(17,18)19/h1-6H,7H2,(H,21,22). The molecule has 122 valence electrons. The fraction of sp³-hybridized carbons (Fsp3) is 0.143. The van der Waals surface area contributed by atoms with Crippen LogP contribution in [0.15, 0.2) is 36.5 Å². The molecule has 0 spiro atoms. The SMILES string of the molecule is O=C(NOCc1ncc(C(F)(F)F)cc1Cl)c1ccccc1Cl. The van der Waals surface area contributed by atoms with Gasteiger partial charge in [0.1, 0.15) is 6.61 Å². The molecule has 2 aromatic rings. The average Bonchev–Trinajstić information content (AvgIpc) is 2.48. The third kappa shape index (κ3) is 4.57. The van der Waals surface area contributed by atoms with E-state index >= 15 is 0 Å². The minimum Gasteiger partial charge on any atom is -0.267 e. The topological polar surface area (TPSA) is 51.2 Å². The first-order valence-electron chi connectivity index (χ1n) is 6.17. The molecule has 1 aromatic heterocycles. The normalized spacial score (nSPS) is 11.3. The van der Waals surface area contributed by atoms with Gasteiger partial charge >= 0.3 is 6.18 Å². The van der Waals surface area contributed by atoms with Crippen LogP contribution in [0.4, 0.5) is 13.2 Å². The molecule has 1 N–H and O–H groups in total. The fourth-order valence-electron chi connectivity index (χ4n) is 1.60. The van der Waals surface area contributed by atoms with Crippen molar-refractivity contribution in [3.05, 3.63) is 63.4 Å². The third-order valence-corrected chi connectivity index (χ3v) is 3.39. The second-order valence-corrected chi connectivity index (χ2v) is 5.16. The van der Waals surface area contributed by atoms with Gasteiger partial charge in [0, 0.05) is 6.20 Å². The molecule has 4 nitrogen and oxygen atoms in total. The van der Waals surface area contributed by atoms with Gasteiger partial charge in [-0.3, -0.25) is 14.6 Å². The maximum absolute atomic E-state index is 12.5. The summed E-state index contributed by atoms with van der Waals surface area (Å²) in [4.78, 5) is 20.3. The number of benzene rings is 1. The number of nitrogens with one attached hydrogen (secondary N) is 1. The van der Waals surface area contributed by atoms with E-state index in [1.54, 1.807) is 12.1 Å². The molecule has 1 heterocycles. The van der Waals surface area contributed by atoms with Crippen LogP contribution in [0.3, 0.4) is 0 Å². The summed E-state index contributed by atoms with van der Waals surface area (Å²) in [5.74, 6) is -0.598. The van der Waals surface area contributed by atoms with E-state index < -0.39 is 17.6 Å². The minimum atomic E-state index is -4.53. The number of carbonyl (C=O) groups excluding carboxylic acids is 1. The number of aromatic nitrogens is 1. The van der Waals surface area contributed by atoms with Crippen molar-refractivity contribution in [2.75, 3.05) is 0 Å². The zero-order valence-corrected chi connectivity index (χ0v) is 12.8. The zero-order valence-electron chi connectivity index (χ0n) is 11.3. The summed E-state index contributed by atoms with van der Waals surface area (Å²) in [6.07, 6.45) is -3.89. The van der Waals surface area contributed by atoms with Crippen molar-refractivity contribution >= 4 is 29.1 Å². The van der Waals surface area contributed by atoms with Crippen molar-refractivity contribution in [2.24, 2.45) is 0 Å². The van der Waals surface area contributed by atoms with E-state index in [1.807, 2.05) is 0 Å². The molecule has 23 heavy (non-hydrogen) atoms. The number of amides is 1. The van der Waals surface area contributed by atoms with Crippen molar-refractivity contribution in [1.82, 2.24) is 10.5 Å². The van der Waals surface area contributed by atoms with Crippen LogP contribution in [0.5, 0.6) is 0 Å². The Kier molecular flexibility index (Phi) is 5.46. The molecule has 9 heteroatoms. The van der Waals surface area contributed by atoms with E-state index in [4.69, 9.17) is 28.0 Å². The van der Waals surface area contributed by atoms with Gasteiger partial charge in [0.25, 0.3) is 5.91 Å². The van der Waals surface area contributed by atoms with Crippen molar-refractivity contribution < 1.29 is 22.8 Å². The van der Waals surface area contributed by atoms with Crippen molar-refractivity contribution in [2.45, 2.75) is 12.8 Å². The van der Waals surface area contributed by atoms with E-state index in [0.29, 0.717) is 6.20 Å². The smallest absolute Gasteiger partial charge is 0.267 e. The highest BCUT2D eigenvalue weighted by Gasteiger charge is 2.31. The number of hydrogen-bond donors (Lipinski definition) is 1. The van der Waals surface area contributed by atoms with E-state index in [-0.39, 0.29) is 27.9 Å². The molecule has 0 fully saturated rings. The van der Waals surface area contributed by atoms with Gasteiger partial charge in [-0.2, -0.15) is 13.2 Å². The van der Waals surface area contributed by atoms with Gasteiger partial charge in [0.15, 0.2) is 0 Å². The van der Waals surface area contributed by atoms with Crippen LogP contribution in [0, 0.1) is 0 Å². The van der Waals surface area contributed by atoms with Gasteiger partial charge in [-0.1, -0.05) is 35.3 Å². The Morgan fingerprint density at radius 3 is 2.52 bits per heavy atom. The van der Waals surface area contributed by atoms with Gasteiger partial charge in [-0.25, -0.2) is 5.48 Å². The van der Waals surface area contributed by atoms with E-state index in [2.05, 4.69) is 10.5 Å². The van der Waals surface area contributed by atoms with Gasteiger partial charge in [0.05, 0.1) is 26.9 Å². The van der Waals surface area contributed by atoms with Gasteiger partial charge < -0.3 is 0 Å². The Morgan fingerprint density at radius 1 is 1.22 bits per heavy atom. The Morgan fingerprint density at radius 2 is 1.91 bits per heavy atom. The van der Waals surface area contributed by atoms with E-state index in [0.717, 1.165) is 6.07 Å². The average molecular weight is 365 g/mol. The Labute approximate surface area is 139 Å². The molecular weight excluding hydrogens is 356 g/mol. The summed E-state index contributed by atoms with van der Waals surface area (Å²) in [6.45, 7) is -0.298. The molecule has 0 aliphatic rings. The molecule has 0 aliphatic carbocycles. The van der Waals surface area contributed by atoms with Gasteiger partial charge in [0.2, 0.25) is 0 Å².